The maximum Gasteiger partial charge on any atom is 0.205 e. The summed E-state index contributed by atoms with van der Waals surface area (Å²) in [4.78, 5) is 5.20. The van der Waals surface area contributed by atoms with Crippen molar-refractivity contribution in [2.75, 3.05) is 5.73 Å². The first-order valence-corrected chi connectivity index (χ1v) is 6.72. The number of aromatic nitrogens is 1. The number of oxazole rings is 1. The van der Waals surface area contributed by atoms with Crippen LogP contribution in [-0.4, -0.2) is 4.98 Å². The van der Waals surface area contributed by atoms with E-state index in [-0.39, 0.29) is 5.82 Å². The highest BCUT2D eigenvalue weighted by Crippen LogP contribution is 2.25. The van der Waals surface area contributed by atoms with Gasteiger partial charge in [0.05, 0.1) is 5.75 Å². The van der Waals surface area contributed by atoms with Crippen LogP contribution in [-0.2, 0) is 5.75 Å². The number of thioether (sulfide) groups is 1. The Morgan fingerprint density at radius 3 is 2.95 bits per heavy atom. The largest absolute Gasteiger partial charge is 0.440 e. The molecule has 0 aliphatic rings. The van der Waals surface area contributed by atoms with E-state index in [1.54, 1.807) is 24.3 Å². The van der Waals surface area contributed by atoms with Crippen LogP contribution in [0.1, 0.15) is 5.89 Å². The van der Waals surface area contributed by atoms with Crippen LogP contribution in [0.15, 0.2) is 51.8 Å². The van der Waals surface area contributed by atoms with Crippen LogP contribution in [0.4, 0.5) is 10.1 Å². The summed E-state index contributed by atoms with van der Waals surface area (Å²) in [7, 11) is 0. The van der Waals surface area contributed by atoms with E-state index in [0.717, 1.165) is 10.4 Å². The third-order valence-electron chi connectivity index (χ3n) is 2.61. The van der Waals surface area contributed by atoms with E-state index in [9.17, 15) is 4.39 Å². The molecule has 1 aromatic heterocycles. The molecule has 0 aliphatic carbocycles. The Kier molecular flexibility index (Phi) is 3.13. The Labute approximate surface area is 113 Å². The minimum atomic E-state index is -0.240. The summed E-state index contributed by atoms with van der Waals surface area (Å²) >= 11 is 1.48. The Bertz CT molecular complexity index is 726. The lowest BCUT2D eigenvalue weighted by Gasteiger charge is -1.98. The van der Waals surface area contributed by atoms with Gasteiger partial charge in [0.15, 0.2) is 5.58 Å². The van der Waals surface area contributed by atoms with Crippen molar-refractivity contribution in [1.29, 1.82) is 0 Å². The normalized spacial score (nSPS) is 11.0. The molecular formula is C14H11FN2OS. The molecule has 0 saturated carbocycles. The molecular weight excluding hydrogens is 263 g/mol. The molecule has 0 atom stereocenters. The SMILES string of the molecule is Nc1ccc2oc(CSc3cccc(F)c3)nc2c1. The zero-order chi connectivity index (χ0) is 13.2. The Morgan fingerprint density at radius 1 is 1.21 bits per heavy atom. The molecule has 3 aromatic rings. The number of anilines is 1. The minimum absolute atomic E-state index is 0.240. The second-order valence-corrected chi connectivity index (χ2v) is 5.13. The fourth-order valence-electron chi connectivity index (χ4n) is 1.76. The number of benzene rings is 2. The van der Waals surface area contributed by atoms with E-state index in [4.69, 9.17) is 10.2 Å². The molecule has 2 N–H and O–H groups in total. The van der Waals surface area contributed by atoms with Gasteiger partial charge in [0.25, 0.3) is 0 Å². The van der Waals surface area contributed by atoms with E-state index in [1.165, 1.54) is 23.9 Å². The molecule has 0 aliphatic heterocycles. The highest BCUT2D eigenvalue weighted by molar-refractivity contribution is 7.98. The van der Waals surface area contributed by atoms with Crippen LogP contribution in [0, 0.1) is 5.82 Å². The van der Waals surface area contributed by atoms with Gasteiger partial charge in [-0.15, -0.1) is 11.8 Å². The third kappa shape index (κ3) is 2.71. The summed E-state index contributed by atoms with van der Waals surface area (Å²) < 4.78 is 18.6. The van der Waals surface area contributed by atoms with Gasteiger partial charge < -0.3 is 10.2 Å². The Hall–Kier alpha value is -2.01. The number of hydrogen-bond acceptors (Lipinski definition) is 4. The van der Waals surface area contributed by atoms with Crippen molar-refractivity contribution >= 4 is 28.5 Å². The number of hydrogen-bond donors (Lipinski definition) is 1. The minimum Gasteiger partial charge on any atom is -0.440 e. The number of fused-ring (bicyclic) bond motifs is 1. The summed E-state index contributed by atoms with van der Waals surface area (Å²) in [5.74, 6) is 0.920. The molecule has 19 heavy (non-hydrogen) atoms. The van der Waals surface area contributed by atoms with Gasteiger partial charge in [0, 0.05) is 10.6 Å². The Balaban J connectivity index is 1.78. The van der Waals surface area contributed by atoms with Gasteiger partial charge in [-0.25, -0.2) is 9.37 Å². The summed E-state index contributed by atoms with van der Waals surface area (Å²) in [6.45, 7) is 0. The van der Waals surface area contributed by atoms with E-state index in [1.807, 2.05) is 6.07 Å². The van der Waals surface area contributed by atoms with Gasteiger partial charge in [-0.1, -0.05) is 6.07 Å². The number of halogens is 1. The van der Waals surface area contributed by atoms with Crippen molar-refractivity contribution in [1.82, 2.24) is 4.98 Å². The van der Waals surface area contributed by atoms with Gasteiger partial charge >= 0.3 is 0 Å². The zero-order valence-electron chi connectivity index (χ0n) is 9.97. The first kappa shape index (κ1) is 12.0. The summed E-state index contributed by atoms with van der Waals surface area (Å²) in [5, 5.41) is 0. The fourth-order valence-corrected chi connectivity index (χ4v) is 2.54. The lowest BCUT2D eigenvalue weighted by molar-refractivity contribution is 0.556. The molecule has 2 aromatic carbocycles. The first-order chi connectivity index (χ1) is 9.20. The third-order valence-corrected chi connectivity index (χ3v) is 3.59. The highest BCUT2D eigenvalue weighted by atomic mass is 32.2. The molecule has 0 fully saturated rings. The monoisotopic (exact) mass is 274 g/mol. The molecule has 96 valence electrons. The summed E-state index contributed by atoms with van der Waals surface area (Å²) in [5.41, 5.74) is 7.80. The number of nitrogen functional groups attached to an aromatic ring is 1. The van der Waals surface area contributed by atoms with E-state index in [2.05, 4.69) is 4.98 Å². The maximum absolute atomic E-state index is 13.0. The van der Waals surface area contributed by atoms with Gasteiger partial charge in [-0.2, -0.15) is 0 Å². The summed E-state index contributed by atoms with van der Waals surface area (Å²) in [6, 6.07) is 11.8. The first-order valence-electron chi connectivity index (χ1n) is 5.74. The molecule has 1 heterocycles. The van der Waals surface area contributed by atoms with Crippen LogP contribution in [0.25, 0.3) is 11.1 Å². The van der Waals surface area contributed by atoms with Gasteiger partial charge in [0.1, 0.15) is 11.3 Å². The van der Waals surface area contributed by atoms with Gasteiger partial charge in [0.2, 0.25) is 5.89 Å². The predicted molar refractivity (Wildman–Crippen MR) is 74.4 cm³/mol. The average molecular weight is 274 g/mol. The fraction of sp³-hybridized carbons (Fsp3) is 0.0714. The van der Waals surface area contributed by atoms with Crippen LogP contribution in [0.2, 0.25) is 0 Å². The summed E-state index contributed by atoms with van der Waals surface area (Å²) in [6.07, 6.45) is 0. The molecule has 0 unspecified atom stereocenters. The highest BCUT2D eigenvalue weighted by Gasteiger charge is 2.06. The standard InChI is InChI=1S/C14H11FN2OS/c15-9-2-1-3-11(6-9)19-8-14-17-12-7-10(16)4-5-13(12)18-14/h1-7H,8,16H2. The molecule has 0 radical (unpaired) electrons. The lowest BCUT2D eigenvalue weighted by atomic mass is 10.3. The average Bonchev–Trinajstić information content (AvgIpc) is 2.78. The van der Waals surface area contributed by atoms with Crippen LogP contribution in [0.5, 0.6) is 0 Å². The van der Waals surface area contributed by atoms with Crippen molar-refractivity contribution < 1.29 is 8.81 Å². The van der Waals surface area contributed by atoms with Crippen molar-refractivity contribution in [2.24, 2.45) is 0 Å². The molecule has 0 saturated heterocycles. The quantitative estimate of drug-likeness (QED) is 0.582. The second kappa shape index (κ2) is 4.93. The van der Waals surface area contributed by atoms with Crippen molar-refractivity contribution in [3.8, 4) is 0 Å². The number of rotatable bonds is 3. The second-order valence-electron chi connectivity index (χ2n) is 4.08. The smallest absolute Gasteiger partial charge is 0.205 e. The van der Waals surface area contributed by atoms with Crippen LogP contribution in [0.3, 0.4) is 0 Å². The molecule has 0 spiro atoms. The number of nitrogens with two attached hydrogens (primary N) is 1. The number of nitrogens with zero attached hydrogens (tertiary/aromatic N) is 1. The van der Waals surface area contributed by atoms with Crippen molar-refractivity contribution in [3.05, 3.63) is 54.2 Å². The van der Waals surface area contributed by atoms with E-state index >= 15 is 0 Å². The molecule has 3 nitrogen and oxygen atoms in total. The van der Waals surface area contributed by atoms with E-state index < -0.39 is 0 Å². The zero-order valence-corrected chi connectivity index (χ0v) is 10.8. The topological polar surface area (TPSA) is 52.0 Å². The lowest BCUT2D eigenvalue weighted by Crippen LogP contribution is -1.83. The van der Waals surface area contributed by atoms with Crippen LogP contribution >= 0.6 is 11.8 Å². The molecule has 3 rings (SSSR count). The maximum atomic E-state index is 13.0. The van der Waals surface area contributed by atoms with Crippen molar-refractivity contribution in [2.45, 2.75) is 10.6 Å². The predicted octanol–water partition coefficient (Wildman–Crippen LogP) is 3.84. The molecule has 0 amide bonds. The Morgan fingerprint density at radius 2 is 2.11 bits per heavy atom. The molecule has 0 bridgehead atoms. The van der Waals surface area contributed by atoms with Gasteiger partial charge in [-0.3, -0.25) is 0 Å². The van der Waals surface area contributed by atoms with Crippen molar-refractivity contribution in [3.63, 3.8) is 0 Å². The van der Waals surface area contributed by atoms with Crippen LogP contribution < -0.4 is 5.73 Å². The van der Waals surface area contributed by atoms with E-state index in [0.29, 0.717) is 22.9 Å². The van der Waals surface area contributed by atoms with Gasteiger partial charge in [-0.05, 0) is 36.4 Å². The molecule has 5 heteroatoms.